The molecule has 0 saturated carbocycles. The third-order valence-corrected chi connectivity index (χ3v) is 5.70. The molecule has 7 nitrogen and oxygen atoms in total. The van der Waals surface area contributed by atoms with Gasteiger partial charge in [0.05, 0.1) is 24.1 Å². The number of ether oxygens (including phenoxy) is 1. The normalized spacial score (nSPS) is 10.8. The number of aromatic nitrogens is 3. The predicted octanol–water partition coefficient (Wildman–Crippen LogP) is 2.77. The second-order valence-corrected chi connectivity index (χ2v) is 7.48. The van der Waals surface area contributed by atoms with Gasteiger partial charge in [-0.05, 0) is 44.0 Å². The number of hydrogen-bond acceptors (Lipinski definition) is 6. The number of hydrogen-bond donors (Lipinski definition) is 1. The van der Waals surface area contributed by atoms with Crippen molar-refractivity contribution in [2.45, 2.75) is 27.3 Å². The zero-order chi connectivity index (χ0) is 20.4. The van der Waals surface area contributed by atoms with E-state index in [2.05, 4.69) is 15.4 Å². The highest BCUT2D eigenvalue weighted by Crippen LogP contribution is 2.28. The summed E-state index contributed by atoms with van der Waals surface area (Å²) in [5.74, 6) is 0.520. The Balaban J connectivity index is 1.86. The molecule has 3 aromatic rings. The molecule has 0 unspecified atom stereocenters. The van der Waals surface area contributed by atoms with Crippen molar-refractivity contribution < 1.29 is 9.53 Å². The van der Waals surface area contributed by atoms with Crippen LogP contribution in [-0.4, -0.2) is 27.8 Å². The Kier molecular flexibility index (Phi) is 5.60. The molecule has 1 N–H and O–H groups in total. The fraction of sp³-hybridized carbons (Fsp3) is 0.300. The molecule has 1 aromatic carbocycles. The second-order valence-electron chi connectivity index (χ2n) is 6.48. The summed E-state index contributed by atoms with van der Waals surface area (Å²) in [4.78, 5) is 30.2. The first-order chi connectivity index (χ1) is 13.3. The van der Waals surface area contributed by atoms with Crippen LogP contribution in [-0.2, 0) is 13.6 Å². The number of carbonyl (C=O) groups is 1. The lowest BCUT2D eigenvalue weighted by Gasteiger charge is -2.07. The van der Waals surface area contributed by atoms with Crippen LogP contribution in [0.2, 0.25) is 0 Å². The minimum atomic E-state index is -0.222. The van der Waals surface area contributed by atoms with Crippen LogP contribution in [0.1, 0.15) is 32.2 Å². The van der Waals surface area contributed by atoms with Crippen molar-refractivity contribution in [2.75, 3.05) is 7.11 Å². The van der Waals surface area contributed by atoms with Gasteiger partial charge in [-0.3, -0.25) is 9.59 Å². The molecular formula is C20H22N4O3S. The van der Waals surface area contributed by atoms with Crippen molar-refractivity contribution in [2.24, 2.45) is 7.05 Å². The molecule has 2 heterocycles. The van der Waals surface area contributed by atoms with Crippen molar-refractivity contribution in [3.05, 3.63) is 62.0 Å². The molecule has 0 atom stereocenters. The van der Waals surface area contributed by atoms with Crippen LogP contribution in [0, 0.1) is 20.8 Å². The average Bonchev–Trinajstić information content (AvgIpc) is 3.06. The molecule has 0 bridgehead atoms. The topological polar surface area (TPSA) is 86.1 Å². The second kappa shape index (κ2) is 7.93. The van der Waals surface area contributed by atoms with E-state index in [1.807, 2.05) is 38.1 Å². The zero-order valence-corrected chi connectivity index (χ0v) is 17.3. The van der Waals surface area contributed by atoms with Crippen molar-refractivity contribution in [3.63, 3.8) is 0 Å². The fourth-order valence-corrected chi connectivity index (χ4v) is 3.94. The zero-order valence-electron chi connectivity index (χ0n) is 16.5. The fourth-order valence-electron chi connectivity index (χ4n) is 2.86. The van der Waals surface area contributed by atoms with Crippen LogP contribution >= 0.6 is 11.3 Å². The SMILES string of the molecule is COc1cccc(CNC(=O)c2sc(-c3c(C)c(C)nn(C)c3=O)nc2C)c1. The Morgan fingerprint density at radius 3 is 2.71 bits per heavy atom. The minimum Gasteiger partial charge on any atom is -0.497 e. The minimum absolute atomic E-state index is 0.218. The van der Waals surface area contributed by atoms with Gasteiger partial charge >= 0.3 is 0 Å². The highest BCUT2D eigenvalue weighted by atomic mass is 32.1. The summed E-state index contributed by atoms with van der Waals surface area (Å²) >= 11 is 1.22. The van der Waals surface area contributed by atoms with E-state index in [4.69, 9.17) is 4.74 Å². The van der Waals surface area contributed by atoms with E-state index in [0.29, 0.717) is 27.7 Å². The van der Waals surface area contributed by atoms with Crippen molar-refractivity contribution in [1.82, 2.24) is 20.1 Å². The van der Waals surface area contributed by atoms with E-state index in [-0.39, 0.29) is 11.5 Å². The lowest BCUT2D eigenvalue weighted by molar-refractivity contribution is 0.0954. The number of amides is 1. The van der Waals surface area contributed by atoms with E-state index in [9.17, 15) is 9.59 Å². The van der Waals surface area contributed by atoms with Gasteiger partial charge in [0.15, 0.2) is 0 Å². The maximum absolute atomic E-state index is 12.7. The summed E-state index contributed by atoms with van der Waals surface area (Å²) in [7, 11) is 3.22. The molecule has 28 heavy (non-hydrogen) atoms. The van der Waals surface area contributed by atoms with Gasteiger partial charge in [0.2, 0.25) is 0 Å². The van der Waals surface area contributed by atoms with Crippen LogP contribution in [0.3, 0.4) is 0 Å². The smallest absolute Gasteiger partial charge is 0.277 e. The standard InChI is InChI=1S/C20H22N4O3S/c1-11-12(2)23-24(4)20(26)16(11)19-22-13(3)17(28-19)18(25)21-10-14-7-6-8-15(9-14)27-5/h6-9H,10H2,1-5H3,(H,21,25). The third-order valence-electron chi connectivity index (χ3n) is 4.53. The van der Waals surface area contributed by atoms with Crippen LogP contribution < -0.4 is 15.6 Å². The largest absolute Gasteiger partial charge is 0.497 e. The van der Waals surface area contributed by atoms with Crippen LogP contribution in [0.5, 0.6) is 5.75 Å². The number of carbonyl (C=O) groups excluding carboxylic acids is 1. The number of aryl methyl sites for hydroxylation is 3. The molecule has 0 aliphatic rings. The first kappa shape index (κ1) is 19.8. The Bertz CT molecular complexity index is 1100. The average molecular weight is 398 g/mol. The molecule has 1 amide bonds. The van der Waals surface area contributed by atoms with Crippen molar-refractivity contribution in [3.8, 4) is 16.3 Å². The molecule has 0 spiro atoms. The van der Waals surface area contributed by atoms with E-state index >= 15 is 0 Å². The summed E-state index contributed by atoms with van der Waals surface area (Å²) < 4.78 is 6.50. The van der Waals surface area contributed by atoms with Gasteiger partial charge in [0, 0.05) is 13.6 Å². The third kappa shape index (κ3) is 3.82. The first-order valence-electron chi connectivity index (χ1n) is 8.75. The Morgan fingerprint density at radius 1 is 1.25 bits per heavy atom. The number of nitrogens with one attached hydrogen (secondary N) is 1. The number of nitrogens with zero attached hydrogens (tertiary/aromatic N) is 3. The number of benzene rings is 1. The summed E-state index contributed by atoms with van der Waals surface area (Å²) in [5, 5.41) is 7.63. The van der Waals surface area contributed by atoms with Crippen LogP contribution in [0.4, 0.5) is 0 Å². The summed E-state index contributed by atoms with van der Waals surface area (Å²) in [6.07, 6.45) is 0. The Hall–Kier alpha value is -3.00. The summed E-state index contributed by atoms with van der Waals surface area (Å²) in [6, 6.07) is 7.52. The molecule has 8 heteroatoms. The molecular weight excluding hydrogens is 376 g/mol. The molecule has 2 aromatic heterocycles. The maximum Gasteiger partial charge on any atom is 0.277 e. The van der Waals surface area contributed by atoms with Gasteiger partial charge in [-0.15, -0.1) is 11.3 Å². The Labute approximate surface area is 167 Å². The summed E-state index contributed by atoms with van der Waals surface area (Å²) in [6.45, 7) is 5.84. The van der Waals surface area contributed by atoms with Crippen LogP contribution in [0.15, 0.2) is 29.1 Å². The highest BCUT2D eigenvalue weighted by Gasteiger charge is 2.21. The van der Waals surface area contributed by atoms with E-state index in [1.54, 1.807) is 21.1 Å². The first-order valence-corrected chi connectivity index (χ1v) is 9.57. The maximum atomic E-state index is 12.7. The molecule has 0 fully saturated rings. The molecule has 146 valence electrons. The molecule has 0 saturated heterocycles. The van der Waals surface area contributed by atoms with E-state index < -0.39 is 0 Å². The molecule has 0 aliphatic heterocycles. The van der Waals surface area contributed by atoms with Gasteiger partial charge in [-0.2, -0.15) is 5.10 Å². The lowest BCUT2D eigenvalue weighted by Crippen LogP contribution is -2.23. The van der Waals surface area contributed by atoms with Gasteiger partial charge in [-0.1, -0.05) is 12.1 Å². The van der Waals surface area contributed by atoms with E-state index in [0.717, 1.165) is 22.6 Å². The number of rotatable bonds is 5. The molecule has 3 rings (SSSR count). The Morgan fingerprint density at radius 2 is 2.00 bits per heavy atom. The van der Waals surface area contributed by atoms with Gasteiger partial charge in [-0.25, -0.2) is 9.67 Å². The van der Waals surface area contributed by atoms with Crippen LogP contribution in [0.25, 0.3) is 10.6 Å². The van der Waals surface area contributed by atoms with Crippen molar-refractivity contribution in [1.29, 1.82) is 0 Å². The van der Waals surface area contributed by atoms with Crippen molar-refractivity contribution >= 4 is 17.2 Å². The quantitative estimate of drug-likeness (QED) is 0.714. The monoisotopic (exact) mass is 398 g/mol. The summed E-state index contributed by atoms with van der Waals surface area (Å²) in [5.41, 5.74) is 3.34. The predicted molar refractivity (Wildman–Crippen MR) is 109 cm³/mol. The van der Waals surface area contributed by atoms with E-state index in [1.165, 1.54) is 16.0 Å². The van der Waals surface area contributed by atoms with Gasteiger partial charge < -0.3 is 10.1 Å². The lowest BCUT2D eigenvalue weighted by atomic mass is 10.1. The number of thiazole rings is 1. The molecule has 0 radical (unpaired) electrons. The number of methoxy groups -OCH3 is 1. The highest BCUT2D eigenvalue weighted by molar-refractivity contribution is 7.17. The van der Waals surface area contributed by atoms with Gasteiger partial charge in [0.25, 0.3) is 11.5 Å². The van der Waals surface area contributed by atoms with Gasteiger partial charge in [0.1, 0.15) is 15.6 Å². The molecule has 0 aliphatic carbocycles.